The Morgan fingerprint density at radius 2 is 1.17 bits per heavy atom. The summed E-state index contributed by atoms with van der Waals surface area (Å²) in [5, 5.41) is 5.86. The van der Waals surface area contributed by atoms with E-state index in [4.69, 9.17) is 14.4 Å². The summed E-state index contributed by atoms with van der Waals surface area (Å²) < 4.78 is 8.51. The molecule has 0 unspecified atom stereocenters. The second-order valence-electron chi connectivity index (χ2n) is 10.6. The molecule has 3 heterocycles. The van der Waals surface area contributed by atoms with Crippen molar-refractivity contribution in [3.8, 4) is 33.8 Å². The third-order valence-electron chi connectivity index (χ3n) is 8.10. The summed E-state index contributed by atoms with van der Waals surface area (Å²) in [5.74, 6) is 0.696. The van der Waals surface area contributed by atoms with Gasteiger partial charge < -0.3 is 4.42 Å². The lowest BCUT2D eigenvalue weighted by molar-refractivity contribution is 0.669. The van der Waals surface area contributed by atoms with E-state index in [2.05, 4.69) is 115 Å². The molecular weight excluding hydrogens is 532 g/mol. The fourth-order valence-electron chi connectivity index (χ4n) is 5.97. The predicted molar refractivity (Wildman–Crippen MR) is 176 cm³/mol. The maximum Gasteiger partial charge on any atom is 0.160 e. The molecule has 9 rings (SSSR count). The standard InChI is InChI=1S/C38H22N2OS/c1-2-8-26-21-27(18-15-23(26)7-1)24-13-16-25(17-14-24)35-37-36(31-10-4-6-12-34(31)42-37)40-38(39-35)28-19-20-30-29-9-3-5-11-32(29)41-33(30)22-28/h1-22H. The van der Waals surface area contributed by atoms with E-state index >= 15 is 0 Å². The Morgan fingerprint density at radius 1 is 0.476 bits per heavy atom. The van der Waals surface area contributed by atoms with Crippen molar-refractivity contribution >= 4 is 64.4 Å². The minimum atomic E-state index is 0.696. The highest BCUT2D eigenvalue weighted by Crippen LogP contribution is 2.40. The summed E-state index contributed by atoms with van der Waals surface area (Å²) >= 11 is 1.75. The molecule has 0 amide bonds. The molecule has 0 N–H and O–H groups in total. The number of para-hydroxylation sites is 1. The SMILES string of the molecule is c1ccc2cc(-c3ccc(-c4nc(-c5ccc6c(c5)oc5ccccc56)nc5c4sc4ccccc45)cc3)ccc2c1. The lowest BCUT2D eigenvalue weighted by atomic mass is 9.99. The molecule has 0 aliphatic heterocycles. The van der Waals surface area contributed by atoms with Gasteiger partial charge in [-0.3, -0.25) is 0 Å². The van der Waals surface area contributed by atoms with E-state index in [9.17, 15) is 0 Å². The van der Waals surface area contributed by atoms with Crippen molar-refractivity contribution in [2.75, 3.05) is 0 Å². The summed E-state index contributed by atoms with van der Waals surface area (Å²) in [4.78, 5) is 10.3. The molecule has 6 aromatic carbocycles. The highest BCUT2D eigenvalue weighted by molar-refractivity contribution is 7.26. The molecule has 0 atom stereocenters. The number of rotatable bonds is 3. The van der Waals surface area contributed by atoms with E-state index in [1.54, 1.807) is 11.3 Å². The van der Waals surface area contributed by atoms with Gasteiger partial charge in [-0.1, -0.05) is 103 Å². The van der Waals surface area contributed by atoms with Gasteiger partial charge in [0.15, 0.2) is 5.82 Å². The van der Waals surface area contributed by atoms with Crippen LogP contribution in [-0.2, 0) is 0 Å². The smallest absolute Gasteiger partial charge is 0.160 e. The van der Waals surface area contributed by atoms with Crippen molar-refractivity contribution in [1.82, 2.24) is 9.97 Å². The molecule has 0 radical (unpaired) electrons. The molecule has 9 aromatic rings. The third kappa shape index (κ3) is 3.66. The first kappa shape index (κ1) is 23.4. The van der Waals surface area contributed by atoms with Crippen LogP contribution in [0.5, 0.6) is 0 Å². The first-order valence-electron chi connectivity index (χ1n) is 14.0. The van der Waals surface area contributed by atoms with Crippen molar-refractivity contribution in [2.24, 2.45) is 0 Å². The van der Waals surface area contributed by atoms with Crippen LogP contribution >= 0.6 is 11.3 Å². The monoisotopic (exact) mass is 554 g/mol. The van der Waals surface area contributed by atoms with Gasteiger partial charge in [0.25, 0.3) is 0 Å². The van der Waals surface area contributed by atoms with Crippen LogP contribution in [0.15, 0.2) is 138 Å². The van der Waals surface area contributed by atoms with Gasteiger partial charge in [0.05, 0.1) is 15.9 Å². The van der Waals surface area contributed by atoms with Gasteiger partial charge in [-0.15, -0.1) is 11.3 Å². The third-order valence-corrected chi connectivity index (χ3v) is 9.26. The molecule has 0 bridgehead atoms. The van der Waals surface area contributed by atoms with Crippen LogP contribution in [-0.4, -0.2) is 9.97 Å². The Labute approximate surface area is 245 Å². The number of benzene rings is 6. The fraction of sp³-hybridized carbons (Fsp3) is 0. The zero-order valence-electron chi connectivity index (χ0n) is 22.4. The summed E-state index contributed by atoms with van der Waals surface area (Å²) in [6.07, 6.45) is 0. The van der Waals surface area contributed by atoms with Crippen molar-refractivity contribution in [1.29, 1.82) is 0 Å². The summed E-state index contributed by atoms with van der Waals surface area (Å²) in [7, 11) is 0. The molecule has 0 aliphatic carbocycles. The average molecular weight is 555 g/mol. The molecule has 0 aliphatic rings. The Morgan fingerprint density at radius 3 is 2.07 bits per heavy atom. The quantitative estimate of drug-likeness (QED) is 0.218. The molecule has 3 aromatic heterocycles. The highest BCUT2D eigenvalue weighted by Gasteiger charge is 2.17. The van der Waals surface area contributed by atoms with E-state index in [1.807, 2.05) is 18.2 Å². The van der Waals surface area contributed by atoms with Crippen LogP contribution in [0, 0.1) is 0 Å². The van der Waals surface area contributed by atoms with Gasteiger partial charge in [0.1, 0.15) is 11.2 Å². The second kappa shape index (κ2) is 9.10. The Balaban J connectivity index is 1.21. The van der Waals surface area contributed by atoms with Crippen molar-refractivity contribution in [2.45, 2.75) is 0 Å². The largest absolute Gasteiger partial charge is 0.456 e. The molecule has 0 saturated carbocycles. The van der Waals surface area contributed by atoms with Gasteiger partial charge in [-0.05, 0) is 52.2 Å². The Kier molecular flexibility index (Phi) is 5.07. The Hall–Kier alpha value is -5.32. The van der Waals surface area contributed by atoms with Crippen LogP contribution in [0.1, 0.15) is 0 Å². The van der Waals surface area contributed by atoms with Crippen LogP contribution in [0.25, 0.3) is 86.8 Å². The molecule has 0 saturated heterocycles. The summed E-state index contributed by atoms with van der Waals surface area (Å²) in [6.45, 7) is 0. The van der Waals surface area contributed by atoms with E-state index in [0.29, 0.717) is 5.82 Å². The zero-order chi connectivity index (χ0) is 27.6. The van der Waals surface area contributed by atoms with E-state index < -0.39 is 0 Å². The van der Waals surface area contributed by atoms with Crippen molar-refractivity contribution in [3.05, 3.63) is 133 Å². The minimum absolute atomic E-state index is 0.696. The number of furan rings is 1. The maximum absolute atomic E-state index is 6.20. The van der Waals surface area contributed by atoms with E-state index in [1.165, 1.54) is 26.6 Å². The van der Waals surface area contributed by atoms with Crippen LogP contribution < -0.4 is 0 Å². The number of hydrogen-bond donors (Lipinski definition) is 0. The second-order valence-corrected chi connectivity index (χ2v) is 11.7. The molecule has 0 spiro atoms. The van der Waals surface area contributed by atoms with Gasteiger partial charge in [0, 0.05) is 32.0 Å². The van der Waals surface area contributed by atoms with Gasteiger partial charge in [-0.25, -0.2) is 9.97 Å². The lowest BCUT2D eigenvalue weighted by Gasteiger charge is -2.09. The first-order valence-corrected chi connectivity index (χ1v) is 14.8. The number of thiophene rings is 1. The van der Waals surface area contributed by atoms with E-state index in [-0.39, 0.29) is 0 Å². The molecule has 3 nitrogen and oxygen atoms in total. The molecular formula is C38H22N2OS. The van der Waals surface area contributed by atoms with Crippen LogP contribution in [0.2, 0.25) is 0 Å². The predicted octanol–water partition coefficient (Wildman–Crippen LogP) is 10.9. The van der Waals surface area contributed by atoms with Crippen molar-refractivity contribution in [3.63, 3.8) is 0 Å². The number of aromatic nitrogens is 2. The number of fused-ring (bicyclic) bond motifs is 7. The lowest BCUT2D eigenvalue weighted by Crippen LogP contribution is -1.93. The van der Waals surface area contributed by atoms with Gasteiger partial charge in [0.2, 0.25) is 0 Å². The van der Waals surface area contributed by atoms with Crippen LogP contribution in [0.4, 0.5) is 0 Å². The van der Waals surface area contributed by atoms with E-state index in [0.717, 1.165) is 54.4 Å². The summed E-state index contributed by atoms with van der Waals surface area (Å²) in [5.41, 5.74) is 8.06. The average Bonchev–Trinajstić information content (AvgIpc) is 3.62. The van der Waals surface area contributed by atoms with Crippen molar-refractivity contribution < 1.29 is 4.42 Å². The molecule has 0 fully saturated rings. The minimum Gasteiger partial charge on any atom is -0.456 e. The fourth-order valence-corrected chi connectivity index (χ4v) is 7.12. The maximum atomic E-state index is 6.20. The summed E-state index contributed by atoms with van der Waals surface area (Å²) in [6, 6.07) is 46.8. The molecule has 196 valence electrons. The number of nitrogens with zero attached hydrogens (tertiary/aromatic N) is 2. The number of hydrogen-bond acceptors (Lipinski definition) is 4. The molecule has 4 heteroatoms. The van der Waals surface area contributed by atoms with Crippen LogP contribution in [0.3, 0.4) is 0 Å². The topological polar surface area (TPSA) is 38.9 Å². The van der Waals surface area contributed by atoms with Gasteiger partial charge in [-0.2, -0.15) is 0 Å². The van der Waals surface area contributed by atoms with Gasteiger partial charge >= 0.3 is 0 Å². The zero-order valence-corrected chi connectivity index (χ0v) is 23.2. The normalized spacial score (nSPS) is 11.8. The highest BCUT2D eigenvalue weighted by atomic mass is 32.1. The first-order chi connectivity index (χ1) is 20.8. The molecule has 42 heavy (non-hydrogen) atoms. The Bertz CT molecular complexity index is 2470.